The first kappa shape index (κ1) is 17.5. The molecule has 4 bridgehead atoms. The van der Waals surface area contributed by atoms with Crippen LogP contribution in [0, 0.1) is 23.2 Å². The number of nitrogens with zero attached hydrogens (tertiary/aromatic N) is 2. The number of aromatic nitrogens is 1. The molecule has 2 atom stereocenters. The van der Waals surface area contributed by atoms with Gasteiger partial charge in [0.05, 0.1) is 12.0 Å². The number of thiazole rings is 1. The molecule has 4 aliphatic rings. The Balaban J connectivity index is 1.69. The summed E-state index contributed by atoms with van der Waals surface area (Å²) in [6.45, 7) is 8.01. The first-order valence-corrected chi connectivity index (χ1v) is 10.5. The summed E-state index contributed by atoms with van der Waals surface area (Å²) >= 11 is 1.60. The quantitative estimate of drug-likeness (QED) is 0.819. The molecule has 0 aliphatic heterocycles. The van der Waals surface area contributed by atoms with Crippen LogP contribution < -0.4 is 4.80 Å². The van der Waals surface area contributed by atoms with Gasteiger partial charge < -0.3 is 9.30 Å². The molecule has 4 nitrogen and oxygen atoms in total. The van der Waals surface area contributed by atoms with E-state index in [1.807, 2.05) is 0 Å². The van der Waals surface area contributed by atoms with Gasteiger partial charge in [-0.1, -0.05) is 20.8 Å². The summed E-state index contributed by atoms with van der Waals surface area (Å²) in [4.78, 5) is 18.8. The first-order valence-electron chi connectivity index (χ1n) is 9.60. The summed E-state index contributed by atoms with van der Waals surface area (Å²) in [5.41, 5.74) is 1.14. The summed E-state index contributed by atoms with van der Waals surface area (Å²) in [6, 6.07) is 0. The Kier molecular flexibility index (Phi) is 4.23. The highest BCUT2D eigenvalue weighted by atomic mass is 32.1. The minimum atomic E-state index is -0.126. The van der Waals surface area contributed by atoms with Crippen molar-refractivity contribution in [1.29, 1.82) is 0 Å². The Hall–Kier alpha value is -0.940. The molecule has 1 amide bonds. The van der Waals surface area contributed by atoms with Crippen LogP contribution in [-0.2, 0) is 21.5 Å². The summed E-state index contributed by atoms with van der Waals surface area (Å²) < 4.78 is 7.48. The largest absolute Gasteiger partial charge is 0.383 e. The second-order valence-electron chi connectivity index (χ2n) is 9.42. The lowest BCUT2D eigenvalue weighted by Crippen LogP contribution is -2.34. The van der Waals surface area contributed by atoms with E-state index in [9.17, 15) is 4.79 Å². The third kappa shape index (κ3) is 2.84. The van der Waals surface area contributed by atoms with Crippen molar-refractivity contribution in [2.24, 2.45) is 28.2 Å². The van der Waals surface area contributed by atoms with Crippen LogP contribution in [0.1, 0.15) is 58.6 Å². The molecule has 0 saturated heterocycles. The molecule has 25 heavy (non-hydrogen) atoms. The molecular weight excluding hydrogens is 332 g/mol. The van der Waals surface area contributed by atoms with E-state index in [2.05, 4.69) is 30.7 Å². The Morgan fingerprint density at radius 2 is 2.00 bits per heavy atom. The fourth-order valence-electron chi connectivity index (χ4n) is 5.75. The normalized spacial score (nSPS) is 34.2. The van der Waals surface area contributed by atoms with Crippen molar-refractivity contribution < 1.29 is 9.53 Å². The van der Waals surface area contributed by atoms with Crippen LogP contribution >= 0.6 is 11.3 Å². The maximum absolute atomic E-state index is 13.3. The molecule has 5 rings (SSSR count). The van der Waals surface area contributed by atoms with Crippen molar-refractivity contribution >= 4 is 17.2 Å². The van der Waals surface area contributed by atoms with E-state index in [0.29, 0.717) is 12.5 Å². The molecule has 0 radical (unpaired) electrons. The van der Waals surface area contributed by atoms with Gasteiger partial charge in [-0.3, -0.25) is 4.79 Å². The minimum absolute atomic E-state index is 0.0320. The molecule has 138 valence electrons. The monoisotopic (exact) mass is 362 g/mol. The Morgan fingerprint density at radius 3 is 2.60 bits per heavy atom. The summed E-state index contributed by atoms with van der Waals surface area (Å²) in [6.07, 6.45) is 6.06. The molecule has 0 spiro atoms. The van der Waals surface area contributed by atoms with Crippen molar-refractivity contribution in [1.82, 2.24) is 4.57 Å². The van der Waals surface area contributed by atoms with Gasteiger partial charge in [-0.25, -0.2) is 0 Å². The van der Waals surface area contributed by atoms with Gasteiger partial charge in [-0.2, -0.15) is 4.99 Å². The predicted molar refractivity (Wildman–Crippen MR) is 99.4 cm³/mol. The second kappa shape index (κ2) is 6.05. The van der Waals surface area contributed by atoms with Gasteiger partial charge in [0.15, 0.2) is 4.80 Å². The van der Waals surface area contributed by atoms with E-state index in [0.717, 1.165) is 36.0 Å². The number of amides is 1. The zero-order chi connectivity index (χ0) is 17.8. The number of ether oxygens (including phenoxy) is 1. The lowest BCUT2D eigenvalue weighted by atomic mass is 9.75. The number of hydrogen-bond donors (Lipinski definition) is 0. The fraction of sp³-hybridized carbons (Fsp3) is 0.800. The molecule has 4 aliphatic carbocycles. The van der Waals surface area contributed by atoms with E-state index in [-0.39, 0.29) is 16.7 Å². The van der Waals surface area contributed by atoms with Crippen LogP contribution in [0.5, 0.6) is 0 Å². The van der Waals surface area contributed by atoms with Crippen molar-refractivity contribution in [2.75, 3.05) is 13.7 Å². The van der Waals surface area contributed by atoms with Crippen LogP contribution in [-0.4, -0.2) is 24.2 Å². The van der Waals surface area contributed by atoms with Crippen molar-refractivity contribution in [2.45, 2.75) is 64.8 Å². The number of hydrogen-bond acceptors (Lipinski definition) is 3. The predicted octanol–water partition coefficient (Wildman–Crippen LogP) is 3.75. The molecule has 1 heterocycles. The van der Waals surface area contributed by atoms with Gasteiger partial charge in [0.2, 0.25) is 0 Å². The number of carbonyl (C=O) groups is 1. The van der Waals surface area contributed by atoms with E-state index in [1.165, 1.54) is 25.0 Å². The summed E-state index contributed by atoms with van der Waals surface area (Å²) in [5.74, 6) is 2.33. The smallest absolute Gasteiger partial charge is 0.254 e. The standard InChI is InChI=1S/C20H30N2O2S/c1-19(2,3)16-12-25-18(22(16)5-6-24-4)21-17(23)20-10-13-7-14(11-20)9-15(20)8-13/h12-15H,5-11H2,1-4H3. The minimum Gasteiger partial charge on any atom is -0.383 e. The highest BCUT2D eigenvalue weighted by molar-refractivity contribution is 7.07. The lowest BCUT2D eigenvalue weighted by molar-refractivity contribution is -0.129. The van der Waals surface area contributed by atoms with Gasteiger partial charge in [-0.15, -0.1) is 11.3 Å². The van der Waals surface area contributed by atoms with Crippen LogP contribution in [0.25, 0.3) is 0 Å². The number of methoxy groups -OCH3 is 1. The van der Waals surface area contributed by atoms with Crippen molar-refractivity contribution in [3.8, 4) is 0 Å². The zero-order valence-electron chi connectivity index (χ0n) is 15.9. The van der Waals surface area contributed by atoms with Gasteiger partial charge in [0, 0.05) is 30.1 Å². The van der Waals surface area contributed by atoms with Crippen LogP contribution in [0.2, 0.25) is 0 Å². The third-order valence-corrected chi connectivity index (χ3v) is 7.56. The highest BCUT2D eigenvalue weighted by Gasteiger charge is 2.61. The zero-order valence-corrected chi connectivity index (χ0v) is 16.7. The van der Waals surface area contributed by atoms with E-state index >= 15 is 0 Å². The average Bonchev–Trinajstić information content (AvgIpc) is 3.12. The van der Waals surface area contributed by atoms with Crippen LogP contribution in [0.4, 0.5) is 0 Å². The average molecular weight is 363 g/mol. The maximum Gasteiger partial charge on any atom is 0.254 e. The third-order valence-electron chi connectivity index (χ3n) is 6.70. The van der Waals surface area contributed by atoms with E-state index < -0.39 is 0 Å². The molecular formula is C20H30N2O2S. The Morgan fingerprint density at radius 1 is 1.32 bits per heavy atom. The lowest BCUT2D eigenvalue weighted by Gasteiger charge is -2.29. The van der Waals surface area contributed by atoms with E-state index in [4.69, 9.17) is 9.73 Å². The van der Waals surface area contributed by atoms with Gasteiger partial charge in [0.25, 0.3) is 5.91 Å². The van der Waals surface area contributed by atoms with Crippen molar-refractivity contribution in [3.63, 3.8) is 0 Å². The Labute approximate surface area is 154 Å². The maximum atomic E-state index is 13.3. The summed E-state index contributed by atoms with van der Waals surface area (Å²) in [5, 5.41) is 2.16. The number of rotatable bonds is 4. The second-order valence-corrected chi connectivity index (χ2v) is 10.3. The number of carbonyl (C=O) groups excluding carboxylic acids is 1. The van der Waals surface area contributed by atoms with E-state index in [1.54, 1.807) is 18.4 Å². The molecule has 4 saturated carbocycles. The van der Waals surface area contributed by atoms with Gasteiger partial charge in [0.1, 0.15) is 0 Å². The van der Waals surface area contributed by atoms with Crippen LogP contribution in [0.15, 0.2) is 10.4 Å². The van der Waals surface area contributed by atoms with Crippen LogP contribution in [0.3, 0.4) is 0 Å². The molecule has 2 unspecified atom stereocenters. The summed E-state index contributed by atoms with van der Waals surface area (Å²) in [7, 11) is 1.72. The van der Waals surface area contributed by atoms with Crippen molar-refractivity contribution in [3.05, 3.63) is 15.9 Å². The molecule has 1 aromatic rings. The fourth-order valence-corrected chi connectivity index (χ4v) is 6.90. The topological polar surface area (TPSA) is 43.6 Å². The van der Waals surface area contributed by atoms with Gasteiger partial charge in [-0.05, 0) is 49.9 Å². The SMILES string of the molecule is COCCn1c(C(C)(C)C)csc1=NC(=O)C12CC3CC(CC1C3)C2. The highest BCUT2D eigenvalue weighted by Crippen LogP contribution is 2.65. The molecule has 4 fully saturated rings. The molecule has 1 aromatic heterocycles. The first-order chi connectivity index (χ1) is 11.8. The van der Waals surface area contributed by atoms with Gasteiger partial charge >= 0.3 is 0 Å². The molecule has 0 N–H and O–H groups in total. The molecule has 0 aromatic carbocycles. The Bertz CT molecular complexity index is 726. The molecule has 5 heteroatoms.